The highest BCUT2D eigenvalue weighted by Crippen LogP contribution is 2.13. The van der Waals surface area contributed by atoms with Crippen LogP contribution in [-0.2, 0) is 6.42 Å². The maximum Gasteiger partial charge on any atom is 0.254 e. The van der Waals surface area contributed by atoms with Crippen LogP contribution < -0.4 is 5.32 Å². The fourth-order valence-corrected chi connectivity index (χ4v) is 3.02. The fourth-order valence-electron chi connectivity index (χ4n) is 2.18. The molecule has 0 saturated heterocycles. The molecule has 0 radical (unpaired) electrons. The van der Waals surface area contributed by atoms with Gasteiger partial charge in [0.2, 0.25) is 0 Å². The van der Waals surface area contributed by atoms with Crippen LogP contribution in [0.1, 0.15) is 22.2 Å². The molecule has 3 rings (SSSR count). The molecule has 3 heterocycles. The quantitative estimate of drug-likeness (QED) is 0.783. The number of thiophene rings is 1. The Morgan fingerprint density at radius 3 is 2.61 bits per heavy atom. The third-order valence-electron chi connectivity index (χ3n) is 3.32. The summed E-state index contributed by atoms with van der Waals surface area (Å²) in [5.41, 5.74) is 1.33. The molecule has 0 aliphatic carbocycles. The SMILES string of the molecule is C[C@@H](Cc1cccs1)NC(=O)c1cnc(-c2ccncc2)nc1. The van der Waals surface area contributed by atoms with Crippen molar-refractivity contribution in [1.29, 1.82) is 0 Å². The summed E-state index contributed by atoms with van der Waals surface area (Å²) in [7, 11) is 0. The highest BCUT2D eigenvalue weighted by molar-refractivity contribution is 7.09. The van der Waals surface area contributed by atoms with Gasteiger partial charge in [0, 0.05) is 47.7 Å². The Morgan fingerprint density at radius 1 is 1.22 bits per heavy atom. The second kappa shape index (κ2) is 7.11. The Hall–Kier alpha value is -2.60. The van der Waals surface area contributed by atoms with Gasteiger partial charge in [-0.3, -0.25) is 9.78 Å². The molecule has 0 aliphatic heterocycles. The van der Waals surface area contributed by atoms with Crippen LogP contribution in [0, 0.1) is 0 Å². The molecule has 0 saturated carbocycles. The predicted octanol–water partition coefficient (Wildman–Crippen LogP) is 2.96. The number of pyridine rings is 1. The number of hydrogen-bond acceptors (Lipinski definition) is 5. The maximum absolute atomic E-state index is 12.2. The highest BCUT2D eigenvalue weighted by atomic mass is 32.1. The van der Waals surface area contributed by atoms with E-state index < -0.39 is 0 Å². The van der Waals surface area contributed by atoms with Gasteiger partial charge in [-0.15, -0.1) is 11.3 Å². The van der Waals surface area contributed by atoms with Gasteiger partial charge in [-0.2, -0.15) is 0 Å². The third kappa shape index (κ3) is 3.98. The summed E-state index contributed by atoms with van der Waals surface area (Å²) in [6.45, 7) is 1.99. The molecule has 0 spiro atoms. The van der Waals surface area contributed by atoms with Gasteiger partial charge in [0.05, 0.1) is 5.56 Å². The number of hydrogen-bond donors (Lipinski definition) is 1. The van der Waals surface area contributed by atoms with Crippen molar-refractivity contribution < 1.29 is 4.79 Å². The lowest BCUT2D eigenvalue weighted by Crippen LogP contribution is -2.34. The monoisotopic (exact) mass is 324 g/mol. The van der Waals surface area contributed by atoms with E-state index in [1.807, 2.05) is 30.5 Å². The molecule has 0 aliphatic rings. The minimum absolute atomic E-state index is 0.0565. The summed E-state index contributed by atoms with van der Waals surface area (Å²) in [5, 5.41) is 5.01. The molecule has 5 nitrogen and oxygen atoms in total. The Balaban J connectivity index is 1.63. The molecular weight excluding hydrogens is 308 g/mol. The number of nitrogens with zero attached hydrogens (tertiary/aromatic N) is 3. The van der Waals surface area contributed by atoms with Crippen molar-refractivity contribution >= 4 is 17.2 Å². The lowest BCUT2D eigenvalue weighted by molar-refractivity contribution is 0.0939. The van der Waals surface area contributed by atoms with Crippen LogP contribution in [0.3, 0.4) is 0 Å². The predicted molar refractivity (Wildman–Crippen MR) is 90.2 cm³/mol. The van der Waals surface area contributed by atoms with E-state index in [-0.39, 0.29) is 11.9 Å². The first kappa shape index (κ1) is 15.3. The number of rotatable bonds is 5. The van der Waals surface area contributed by atoms with Crippen LogP contribution in [-0.4, -0.2) is 26.9 Å². The molecule has 6 heteroatoms. The average Bonchev–Trinajstić information content (AvgIpc) is 3.08. The standard InChI is InChI=1S/C17H16N4OS/c1-12(9-15-3-2-8-23-15)21-17(22)14-10-19-16(20-11-14)13-4-6-18-7-5-13/h2-8,10-12H,9H2,1H3,(H,21,22)/t12-/m0/s1. The van der Waals surface area contributed by atoms with E-state index in [9.17, 15) is 4.79 Å². The van der Waals surface area contributed by atoms with Gasteiger partial charge in [-0.05, 0) is 30.5 Å². The Bertz CT molecular complexity index is 757. The summed E-state index contributed by atoms with van der Waals surface area (Å²) >= 11 is 1.69. The van der Waals surface area contributed by atoms with Gasteiger partial charge in [0.15, 0.2) is 5.82 Å². The van der Waals surface area contributed by atoms with Gasteiger partial charge in [0.1, 0.15) is 0 Å². The van der Waals surface area contributed by atoms with Gasteiger partial charge < -0.3 is 5.32 Å². The zero-order valence-electron chi connectivity index (χ0n) is 12.6. The summed E-state index contributed by atoms with van der Waals surface area (Å²) < 4.78 is 0. The van der Waals surface area contributed by atoms with Crippen LogP contribution in [0.2, 0.25) is 0 Å². The summed E-state index contributed by atoms with van der Waals surface area (Å²) in [6.07, 6.45) is 7.29. The van der Waals surface area contributed by atoms with Crippen molar-refractivity contribution in [2.75, 3.05) is 0 Å². The largest absolute Gasteiger partial charge is 0.349 e. The third-order valence-corrected chi connectivity index (χ3v) is 4.22. The minimum atomic E-state index is -0.157. The molecule has 1 amide bonds. The summed E-state index contributed by atoms with van der Waals surface area (Å²) in [4.78, 5) is 26.0. The van der Waals surface area contributed by atoms with Gasteiger partial charge in [0.25, 0.3) is 5.91 Å². The molecule has 0 unspecified atom stereocenters. The lowest BCUT2D eigenvalue weighted by Gasteiger charge is -2.12. The van der Waals surface area contributed by atoms with Crippen LogP contribution in [0.5, 0.6) is 0 Å². The van der Waals surface area contributed by atoms with Crippen molar-refractivity contribution in [3.63, 3.8) is 0 Å². The van der Waals surface area contributed by atoms with E-state index >= 15 is 0 Å². The van der Waals surface area contributed by atoms with Crippen LogP contribution in [0.4, 0.5) is 0 Å². The van der Waals surface area contributed by atoms with E-state index in [1.165, 1.54) is 4.88 Å². The first-order valence-electron chi connectivity index (χ1n) is 7.28. The number of nitrogens with one attached hydrogen (secondary N) is 1. The van der Waals surface area contributed by atoms with E-state index in [0.717, 1.165) is 12.0 Å². The molecule has 23 heavy (non-hydrogen) atoms. The average molecular weight is 324 g/mol. The van der Waals surface area contributed by atoms with E-state index in [4.69, 9.17) is 0 Å². The first-order chi connectivity index (χ1) is 11.2. The summed E-state index contributed by atoms with van der Waals surface area (Å²) in [5.74, 6) is 0.422. The van der Waals surface area contributed by atoms with Gasteiger partial charge in [-0.25, -0.2) is 9.97 Å². The Kier molecular flexibility index (Phi) is 4.73. The van der Waals surface area contributed by atoms with Crippen LogP contribution in [0.15, 0.2) is 54.4 Å². The fraction of sp³-hybridized carbons (Fsp3) is 0.176. The van der Waals surface area contributed by atoms with Crippen molar-refractivity contribution in [1.82, 2.24) is 20.3 Å². The van der Waals surface area contributed by atoms with E-state index in [1.54, 1.807) is 36.1 Å². The van der Waals surface area contributed by atoms with Crippen LogP contribution >= 0.6 is 11.3 Å². The first-order valence-corrected chi connectivity index (χ1v) is 8.16. The molecule has 3 aromatic heterocycles. The van der Waals surface area contributed by atoms with E-state index in [2.05, 4.69) is 26.3 Å². The number of amides is 1. The molecule has 0 fully saturated rings. The second-order valence-corrected chi connectivity index (χ2v) is 6.22. The minimum Gasteiger partial charge on any atom is -0.349 e. The lowest BCUT2D eigenvalue weighted by atomic mass is 10.2. The van der Waals surface area contributed by atoms with E-state index in [0.29, 0.717) is 11.4 Å². The van der Waals surface area contributed by atoms with Crippen molar-refractivity contribution in [3.05, 3.63) is 64.9 Å². The number of aromatic nitrogens is 3. The van der Waals surface area contributed by atoms with Crippen molar-refractivity contribution in [2.24, 2.45) is 0 Å². The molecule has 0 aromatic carbocycles. The van der Waals surface area contributed by atoms with Gasteiger partial charge in [-0.1, -0.05) is 6.07 Å². The molecule has 0 bridgehead atoms. The normalized spacial score (nSPS) is 11.9. The molecule has 116 valence electrons. The molecular formula is C17H16N4OS. The molecule has 3 aromatic rings. The van der Waals surface area contributed by atoms with Crippen molar-refractivity contribution in [3.8, 4) is 11.4 Å². The second-order valence-electron chi connectivity index (χ2n) is 5.19. The zero-order chi connectivity index (χ0) is 16.1. The topological polar surface area (TPSA) is 67.8 Å². The highest BCUT2D eigenvalue weighted by Gasteiger charge is 2.12. The molecule has 1 atom stereocenters. The smallest absolute Gasteiger partial charge is 0.254 e. The number of carbonyl (C=O) groups excluding carboxylic acids is 1. The summed E-state index contributed by atoms with van der Waals surface area (Å²) in [6, 6.07) is 7.80. The van der Waals surface area contributed by atoms with Crippen LogP contribution in [0.25, 0.3) is 11.4 Å². The van der Waals surface area contributed by atoms with Gasteiger partial charge >= 0.3 is 0 Å². The van der Waals surface area contributed by atoms with Crippen molar-refractivity contribution in [2.45, 2.75) is 19.4 Å². The Labute approximate surface area is 138 Å². The molecule has 1 N–H and O–H groups in total. The zero-order valence-corrected chi connectivity index (χ0v) is 13.5. The maximum atomic E-state index is 12.2. The Morgan fingerprint density at radius 2 is 1.96 bits per heavy atom. The number of carbonyl (C=O) groups is 1.